The van der Waals surface area contributed by atoms with E-state index in [-0.39, 0.29) is 5.91 Å². The first-order valence-electron chi connectivity index (χ1n) is 8.92. The second kappa shape index (κ2) is 7.50. The number of carbonyl (C=O) groups excluding carboxylic acids is 1. The predicted octanol–water partition coefficient (Wildman–Crippen LogP) is 3.91. The Morgan fingerprint density at radius 2 is 1.81 bits per heavy atom. The number of hydrogen-bond donors (Lipinski definition) is 0. The molecule has 1 aromatic carbocycles. The summed E-state index contributed by atoms with van der Waals surface area (Å²) >= 11 is 12.4. The molecule has 1 aliphatic heterocycles. The molecule has 0 spiro atoms. The molecule has 3 heterocycles. The van der Waals surface area contributed by atoms with Crippen LogP contribution in [0.15, 0.2) is 42.6 Å². The van der Waals surface area contributed by atoms with Gasteiger partial charge in [0.15, 0.2) is 5.65 Å². The summed E-state index contributed by atoms with van der Waals surface area (Å²) in [5.74, 6) is -0.0299. The molecule has 0 N–H and O–H groups in total. The Morgan fingerprint density at radius 3 is 2.52 bits per heavy atom. The third-order valence-corrected chi connectivity index (χ3v) is 5.41. The van der Waals surface area contributed by atoms with Crippen LogP contribution in [0, 0.1) is 6.92 Å². The van der Waals surface area contributed by atoms with E-state index >= 15 is 0 Å². The minimum Gasteiger partial charge on any atom is -0.335 e. The minimum absolute atomic E-state index is 0.0299. The largest absolute Gasteiger partial charge is 0.335 e. The van der Waals surface area contributed by atoms with Crippen molar-refractivity contribution in [1.29, 1.82) is 0 Å². The number of aryl methyl sites for hydroxylation is 1. The number of nitrogens with zero attached hydrogens (tertiary/aromatic N) is 4. The molecule has 0 unspecified atom stereocenters. The fourth-order valence-electron chi connectivity index (χ4n) is 3.54. The first kappa shape index (κ1) is 18.3. The van der Waals surface area contributed by atoms with Crippen LogP contribution >= 0.6 is 23.2 Å². The van der Waals surface area contributed by atoms with Crippen LogP contribution in [-0.4, -0.2) is 51.3 Å². The van der Waals surface area contributed by atoms with Gasteiger partial charge in [0.1, 0.15) is 5.69 Å². The standard InChI is InChI=1S/C20H20Cl2N4O/c1-14-18(26-13-16(21)11-17(22)19(26)23-14)20(27)25-9-7-24(8-10-25)12-15-5-3-2-4-6-15/h2-6,11,13H,7-10,12H2,1H3. The summed E-state index contributed by atoms with van der Waals surface area (Å²) in [6.45, 7) is 5.80. The molecule has 140 valence electrons. The van der Waals surface area contributed by atoms with Crippen molar-refractivity contribution in [3.63, 3.8) is 0 Å². The molecule has 4 rings (SSSR count). The van der Waals surface area contributed by atoms with Crippen LogP contribution in [0.3, 0.4) is 0 Å². The maximum Gasteiger partial charge on any atom is 0.272 e. The lowest BCUT2D eigenvalue weighted by molar-refractivity contribution is 0.0621. The van der Waals surface area contributed by atoms with Gasteiger partial charge in [-0.15, -0.1) is 0 Å². The van der Waals surface area contributed by atoms with E-state index in [0.29, 0.717) is 40.2 Å². The van der Waals surface area contributed by atoms with Crippen LogP contribution < -0.4 is 0 Å². The van der Waals surface area contributed by atoms with E-state index in [2.05, 4.69) is 34.1 Å². The number of carbonyl (C=O) groups is 1. The highest BCUT2D eigenvalue weighted by Crippen LogP contribution is 2.25. The van der Waals surface area contributed by atoms with Crippen molar-refractivity contribution in [3.8, 4) is 0 Å². The molecule has 1 aliphatic rings. The number of fused-ring (bicyclic) bond motifs is 1. The van der Waals surface area contributed by atoms with Gasteiger partial charge in [-0.25, -0.2) is 4.98 Å². The topological polar surface area (TPSA) is 40.9 Å². The summed E-state index contributed by atoms with van der Waals surface area (Å²) in [6.07, 6.45) is 1.70. The molecule has 3 aromatic rings. The smallest absolute Gasteiger partial charge is 0.272 e. The van der Waals surface area contributed by atoms with Gasteiger partial charge >= 0.3 is 0 Å². The Kier molecular flexibility index (Phi) is 5.08. The van der Waals surface area contributed by atoms with Gasteiger partial charge in [0.2, 0.25) is 0 Å². The first-order chi connectivity index (χ1) is 13.0. The number of benzene rings is 1. The van der Waals surface area contributed by atoms with Crippen molar-refractivity contribution in [1.82, 2.24) is 19.2 Å². The number of rotatable bonds is 3. The molecule has 2 aromatic heterocycles. The second-order valence-electron chi connectivity index (χ2n) is 6.80. The number of piperazine rings is 1. The maximum atomic E-state index is 13.1. The molecule has 1 amide bonds. The van der Waals surface area contributed by atoms with E-state index in [0.717, 1.165) is 19.6 Å². The minimum atomic E-state index is -0.0299. The lowest BCUT2D eigenvalue weighted by Crippen LogP contribution is -2.48. The van der Waals surface area contributed by atoms with Gasteiger partial charge < -0.3 is 4.90 Å². The normalized spacial score (nSPS) is 15.4. The van der Waals surface area contributed by atoms with Crippen molar-refractivity contribution >= 4 is 34.8 Å². The van der Waals surface area contributed by atoms with Gasteiger partial charge in [-0.05, 0) is 18.6 Å². The molecule has 27 heavy (non-hydrogen) atoms. The summed E-state index contributed by atoms with van der Waals surface area (Å²) in [6, 6.07) is 12.0. The van der Waals surface area contributed by atoms with Crippen LogP contribution in [0.5, 0.6) is 0 Å². The van der Waals surface area contributed by atoms with Gasteiger partial charge in [-0.3, -0.25) is 14.1 Å². The predicted molar refractivity (Wildman–Crippen MR) is 108 cm³/mol. The molecular formula is C20H20Cl2N4O. The molecule has 0 bridgehead atoms. The van der Waals surface area contributed by atoms with Gasteiger partial charge in [0.05, 0.1) is 15.7 Å². The summed E-state index contributed by atoms with van der Waals surface area (Å²) in [4.78, 5) is 21.8. The van der Waals surface area contributed by atoms with E-state index in [4.69, 9.17) is 23.2 Å². The second-order valence-corrected chi connectivity index (χ2v) is 7.64. The third-order valence-electron chi connectivity index (χ3n) is 4.93. The van der Waals surface area contributed by atoms with Crippen LogP contribution in [0.25, 0.3) is 5.65 Å². The number of halogens is 2. The maximum absolute atomic E-state index is 13.1. The molecule has 5 nitrogen and oxygen atoms in total. The molecule has 0 atom stereocenters. The van der Waals surface area contributed by atoms with E-state index in [1.807, 2.05) is 17.9 Å². The lowest BCUT2D eigenvalue weighted by atomic mass is 10.2. The van der Waals surface area contributed by atoms with Crippen molar-refractivity contribution in [2.24, 2.45) is 0 Å². The fourth-order valence-corrected chi connectivity index (χ4v) is 4.06. The molecule has 7 heteroatoms. The molecule has 0 saturated carbocycles. The van der Waals surface area contributed by atoms with Crippen molar-refractivity contribution in [3.05, 3.63) is 69.6 Å². The van der Waals surface area contributed by atoms with Crippen LogP contribution in [0.4, 0.5) is 0 Å². The third kappa shape index (κ3) is 3.68. The Morgan fingerprint density at radius 1 is 1.11 bits per heavy atom. The number of imidazole rings is 1. The van der Waals surface area contributed by atoms with Gasteiger partial charge in [-0.2, -0.15) is 0 Å². The number of hydrogen-bond acceptors (Lipinski definition) is 3. The average molecular weight is 403 g/mol. The summed E-state index contributed by atoms with van der Waals surface area (Å²) < 4.78 is 1.71. The summed E-state index contributed by atoms with van der Waals surface area (Å²) in [5.41, 5.74) is 3.05. The molecule has 1 fully saturated rings. The highest BCUT2D eigenvalue weighted by Gasteiger charge is 2.26. The number of aromatic nitrogens is 2. The summed E-state index contributed by atoms with van der Waals surface area (Å²) in [7, 11) is 0. The monoisotopic (exact) mass is 402 g/mol. The number of pyridine rings is 1. The van der Waals surface area contributed by atoms with Crippen molar-refractivity contribution < 1.29 is 4.79 Å². The van der Waals surface area contributed by atoms with E-state index in [9.17, 15) is 4.79 Å². The quantitative estimate of drug-likeness (QED) is 0.666. The Bertz CT molecular complexity index is 979. The van der Waals surface area contributed by atoms with E-state index in [1.54, 1.807) is 16.7 Å². The average Bonchev–Trinajstić information content (AvgIpc) is 2.99. The molecular weight excluding hydrogens is 383 g/mol. The zero-order valence-corrected chi connectivity index (χ0v) is 16.5. The highest BCUT2D eigenvalue weighted by atomic mass is 35.5. The fraction of sp³-hybridized carbons (Fsp3) is 0.300. The van der Waals surface area contributed by atoms with E-state index in [1.165, 1.54) is 5.56 Å². The van der Waals surface area contributed by atoms with Crippen LogP contribution in [0.1, 0.15) is 21.7 Å². The molecule has 0 radical (unpaired) electrons. The summed E-state index contributed by atoms with van der Waals surface area (Å²) in [5, 5.41) is 0.920. The lowest BCUT2D eigenvalue weighted by Gasteiger charge is -2.34. The molecule has 1 saturated heterocycles. The zero-order chi connectivity index (χ0) is 19.0. The SMILES string of the molecule is Cc1nc2c(Cl)cc(Cl)cn2c1C(=O)N1CCN(Cc2ccccc2)CC1. The van der Waals surface area contributed by atoms with Crippen LogP contribution in [0.2, 0.25) is 10.0 Å². The van der Waals surface area contributed by atoms with E-state index < -0.39 is 0 Å². The number of amides is 1. The highest BCUT2D eigenvalue weighted by molar-refractivity contribution is 6.36. The van der Waals surface area contributed by atoms with Crippen molar-refractivity contribution in [2.45, 2.75) is 13.5 Å². The zero-order valence-electron chi connectivity index (χ0n) is 15.0. The first-order valence-corrected chi connectivity index (χ1v) is 9.68. The van der Waals surface area contributed by atoms with Gasteiger partial charge in [0.25, 0.3) is 5.91 Å². The Labute approximate surface area is 168 Å². The molecule has 0 aliphatic carbocycles. The van der Waals surface area contributed by atoms with Crippen LogP contribution in [-0.2, 0) is 6.54 Å². The van der Waals surface area contributed by atoms with Gasteiger partial charge in [0, 0.05) is 38.9 Å². The van der Waals surface area contributed by atoms with Gasteiger partial charge in [-0.1, -0.05) is 53.5 Å². The van der Waals surface area contributed by atoms with Crippen molar-refractivity contribution in [2.75, 3.05) is 26.2 Å². The Balaban J connectivity index is 1.50. The Hall–Kier alpha value is -2.08.